The van der Waals surface area contributed by atoms with Crippen molar-refractivity contribution in [2.45, 2.75) is 69.4 Å². The smallest absolute Gasteiger partial charge is 0.302 e. The molecule has 2 saturated heterocycles. The summed E-state index contributed by atoms with van der Waals surface area (Å²) < 4.78 is 27.8. The van der Waals surface area contributed by atoms with E-state index in [0.717, 1.165) is 32.1 Å². The van der Waals surface area contributed by atoms with E-state index in [1.807, 2.05) is 0 Å². The van der Waals surface area contributed by atoms with Gasteiger partial charge in [-0.2, -0.15) is 0 Å². The van der Waals surface area contributed by atoms with Gasteiger partial charge in [-0.25, -0.2) is 0 Å². The van der Waals surface area contributed by atoms with Crippen molar-refractivity contribution in [2.24, 2.45) is 0 Å². The maximum absolute atomic E-state index is 12.5. The molecule has 1 saturated carbocycles. The summed E-state index contributed by atoms with van der Waals surface area (Å²) in [6.07, 6.45) is 1.86. The number of ether oxygens (including phenoxy) is 5. The number of Topliss-reactive ketones (excluding diaryl/α,β-unsaturated/α-hetero) is 1. The van der Waals surface area contributed by atoms with Crippen molar-refractivity contribution in [3.05, 3.63) is 0 Å². The highest BCUT2D eigenvalue weighted by Gasteiger charge is 2.58. The van der Waals surface area contributed by atoms with Crippen LogP contribution in [0.5, 0.6) is 0 Å². The number of carbonyl (C=O) groups excluding carboxylic acids is 2. The second-order valence-electron chi connectivity index (χ2n) is 6.03. The topological polar surface area (TPSA) is 80.3 Å². The second kappa shape index (κ2) is 6.23. The Morgan fingerprint density at radius 2 is 2.00 bits per heavy atom. The Bertz CT molecular complexity index is 443. The minimum Gasteiger partial charge on any atom is -0.463 e. The molecule has 2 heterocycles. The summed E-state index contributed by atoms with van der Waals surface area (Å²) in [6, 6.07) is 0. The summed E-state index contributed by atoms with van der Waals surface area (Å²) in [6.45, 7) is 1.16. The summed E-state index contributed by atoms with van der Waals surface area (Å²) in [7, 11) is 1.50. The number of esters is 1. The third kappa shape index (κ3) is 2.90. The summed E-state index contributed by atoms with van der Waals surface area (Å²) in [5.41, 5.74) is 0. The normalized spacial score (nSPS) is 37.1. The van der Waals surface area contributed by atoms with Crippen molar-refractivity contribution < 1.29 is 33.3 Å². The van der Waals surface area contributed by atoms with Gasteiger partial charge < -0.3 is 23.7 Å². The number of methoxy groups -OCH3 is 1. The molecule has 22 heavy (non-hydrogen) atoms. The lowest BCUT2D eigenvalue weighted by atomic mass is 9.94. The molecule has 0 aromatic rings. The van der Waals surface area contributed by atoms with Gasteiger partial charge in [0.15, 0.2) is 30.1 Å². The highest BCUT2D eigenvalue weighted by Crippen LogP contribution is 2.43. The zero-order valence-electron chi connectivity index (χ0n) is 12.9. The fourth-order valence-corrected chi connectivity index (χ4v) is 3.37. The van der Waals surface area contributed by atoms with Gasteiger partial charge in [0.25, 0.3) is 0 Å². The first kappa shape index (κ1) is 15.9. The summed E-state index contributed by atoms with van der Waals surface area (Å²) >= 11 is 0. The molecular weight excluding hydrogens is 292 g/mol. The monoisotopic (exact) mass is 314 g/mol. The van der Waals surface area contributed by atoms with Crippen molar-refractivity contribution in [1.82, 2.24) is 0 Å². The van der Waals surface area contributed by atoms with Gasteiger partial charge in [0, 0.05) is 26.9 Å². The van der Waals surface area contributed by atoms with Crippen molar-refractivity contribution in [3.8, 4) is 0 Å². The second-order valence-corrected chi connectivity index (χ2v) is 6.03. The molecule has 0 aromatic heterocycles. The minimum atomic E-state index is -0.877. The molecule has 3 rings (SSSR count). The van der Waals surface area contributed by atoms with Crippen LogP contribution in [0, 0.1) is 0 Å². The summed E-state index contributed by atoms with van der Waals surface area (Å²) in [5.74, 6) is -1.40. The molecule has 4 atom stereocenters. The molecule has 7 heteroatoms. The quantitative estimate of drug-likeness (QED) is 0.717. The van der Waals surface area contributed by atoms with Crippen LogP contribution in [0.4, 0.5) is 0 Å². The van der Waals surface area contributed by atoms with Crippen molar-refractivity contribution >= 4 is 11.8 Å². The Labute approximate surface area is 129 Å². The maximum Gasteiger partial charge on any atom is 0.302 e. The molecule has 1 spiro atoms. The van der Waals surface area contributed by atoms with E-state index < -0.39 is 36.4 Å². The maximum atomic E-state index is 12.5. The molecule has 7 nitrogen and oxygen atoms in total. The summed E-state index contributed by atoms with van der Waals surface area (Å²) in [5, 5.41) is 0. The van der Waals surface area contributed by atoms with Crippen molar-refractivity contribution in [2.75, 3.05) is 13.7 Å². The van der Waals surface area contributed by atoms with Crippen LogP contribution in [0.3, 0.4) is 0 Å². The predicted molar refractivity (Wildman–Crippen MR) is 72.9 cm³/mol. The Hall–Kier alpha value is -1.02. The average Bonchev–Trinajstić information content (AvgIpc) is 2.86. The number of carbonyl (C=O) groups is 2. The van der Waals surface area contributed by atoms with Crippen LogP contribution in [-0.2, 0) is 33.3 Å². The molecule has 0 aromatic carbocycles. The van der Waals surface area contributed by atoms with Gasteiger partial charge in [-0.1, -0.05) is 6.42 Å². The van der Waals surface area contributed by atoms with Crippen LogP contribution in [0.25, 0.3) is 0 Å². The lowest BCUT2D eigenvalue weighted by Crippen LogP contribution is -2.55. The van der Waals surface area contributed by atoms with Crippen LogP contribution in [0.15, 0.2) is 0 Å². The van der Waals surface area contributed by atoms with Gasteiger partial charge in [-0.3, -0.25) is 9.59 Å². The van der Waals surface area contributed by atoms with Crippen molar-refractivity contribution in [1.29, 1.82) is 0 Å². The lowest BCUT2D eigenvalue weighted by Gasteiger charge is -2.34. The largest absolute Gasteiger partial charge is 0.463 e. The molecular formula is C15H22O7. The highest BCUT2D eigenvalue weighted by molar-refractivity contribution is 5.89. The number of hydrogen-bond donors (Lipinski definition) is 0. The highest BCUT2D eigenvalue weighted by atomic mass is 16.8. The van der Waals surface area contributed by atoms with E-state index in [2.05, 4.69) is 0 Å². The molecule has 3 fully saturated rings. The van der Waals surface area contributed by atoms with E-state index in [0.29, 0.717) is 0 Å². The molecule has 0 radical (unpaired) electrons. The number of hydrogen-bond acceptors (Lipinski definition) is 7. The molecule has 0 bridgehead atoms. The van der Waals surface area contributed by atoms with E-state index >= 15 is 0 Å². The van der Waals surface area contributed by atoms with Gasteiger partial charge in [-0.15, -0.1) is 0 Å². The fraction of sp³-hybridized carbons (Fsp3) is 0.867. The van der Waals surface area contributed by atoms with Crippen molar-refractivity contribution in [3.63, 3.8) is 0 Å². The zero-order chi connectivity index (χ0) is 15.7. The van der Waals surface area contributed by atoms with E-state index in [4.69, 9.17) is 23.7 Å². The fourth-order valence-electron chi connectivity index (χ4n) is 3.37. The predicted octanol–water partition coefficient (Wildman–Crippen LogP) is 0.934. The third-order valence-corrected chi connectivity index (χ3v) is 4.44. The number of ketones is 1. The van der Waals surface area contributed by atoms with Gasteiger partial charge in [0.2, 0.25) is 0 Å². The first-order chi connectivity index (χ1) is 10.5. The minimum absolute atomic E-state index is 0.131. The SMILES string of the molecule is CO[C@H]1O[C@H](COC(C)=O)C(=O)[C@@H]2OC3(CCCCC3)O[C@@H]12. The molecule has 1 aliphatic carbocycles. The van der Waals surface area contributed by atoms with E-state index in [1.54, 1.807) is 0 Å². The number of rotatable bonds is 3. The van der Waals surface area contributed by atoms with Crippen LogP contribution < -0.4 is 0 Å². The Balaban J connectivity index is 1.74. The van der Waals surface area contributed by atoms with Crippen LogP contribution >= 0.6 is 0 Å². The van der Waals surface area contributed by atoms with Crippen LogP contribution in [0.2, 0.25) is 0 Å². The first-order valence-corrected chi connectivity index (χ1v) is 7.76. The van der Waals surface area contributed by atoms with Gasteiger partial charge in [0.05, 0.1) is 0 Å². The molecule has 0 unspecified atom stereocenters. The standard InChI is InChI=1S/C15H22O7/c1-9(16)19-8-10-11(17)12-13(14(18-2)20-10)22-15(21-12)6-4-3-5-7-15/h10,12-14H,3-8H2,1-2H3/t10-,12+,13-,14+/m1/s1. The molecule has 2 aliphatic heterocycles. The average molecular weight is 314 g/mol. The van der Waals surface area contributed by atoms with Gasteiger partial charge in [-0.05, 0) is 12.8 Å². The third-order valence-electron chi connectivity index (χ3n) is 4.44. The zero-order valence-corrected chi connectivity index (χ0v) is 12.9. The Morgan fingerprint density at radius 1 is 1.27 bits per heavy atom. The first-order valence-electron chi connectivity index (χ1n) is 7.76. The van der Waals surface area contributed by atoms with Crippen LogP contribution in [0.1, 0.15) is 39.0 Å². The van der Waals surface area contributed by atoms with Gasteiger partial charge >= 0.3 is 5.97 Å². The Morgan fingerprint density at radius 3 is 2.64 bits per heavy atom. The molecule has 3 aliphatic rings. The Kier molecular flexibility index (Phi) is 4.49. The molecule has 0 N–H and O–H groups in total. The van der Waals surface area contributed by atoms with Gasteiger partial charge in [0.1, 0.15) is 12.7 Å². The van der Waals surface area contributed by atoms with E-state index in [1.165, 1.54) is 14.0 Å². The molecule has 0 amide bonds. The lowest BCUT2D eigenvalue weighted by molar-refractivity contribution is -0.246. The summed E-state index contributed by atoms with van der Waals surface area (Å²) in [4.78, 5) is 23.5. The number of fused-ring (bicyclic) bond motifs is 1. The molecule has 124 valence electrons. The van der Waals surface area contributed by atoms with E-state index in [9.17, 15) is 9.59 Å². The van der Waals surface area contributed by atoms with Crippen LogP contribution in [-0.4, -0.2) is 55.9 Å². The van der Waals surface area contributed by atoms with E-state index in [-0.39, 0.29) is 12.4 Å².